The smallest absolute Gasteiger partial charge is 0.109 e. The summed E-state index contributed by atoms with van der Waals surface area (Å²) < 4.78 is 0. The molecule has 1 heterocycles. The Morgan fingerprint density at radius 3 is 2.18 bits per heavy atom. The molecular weight excluding hydrogens is 268 g/mol. The topological polar surface area (TPSA) is 28.7 Å². The molecule has 2 nitrogen and oxygen atoms in total. The van der Waals surface area contributed by atoms with Crippen LogP contribution in [0.4, 0.5) is 0 Å². The summed E-state index contributed by atoms with van der Waals surface area (Å²) in [5.41, 5.74) is 2.88. The second-order valence-electron chi connectivity index (χ2n) is 8.09. The van der Waals surface area contributed by atoms with Crippen molar-refractivity contribution in [3.8, 4) is 0 Å². The first-order valence-electron chi connectivity index (χ1n) is 9.34. The largest absolute Gasteiger partial charge is 0.345 e. The molecule has 0 spiro atoms. The van der Waals surface area contributed by atoms with Gasteiger partial charge < -0.3 is 4.98 Å². The quantitative estimate of drug-likeness (QED) is 0.551. The summed E-state index contributed by atoms with van der Waals surface area (Å²) in [6, 6.07) is 0. The molecule has 128 valence electrons. The van der Waals surface area contributed by atoms with E-state index in [-0.39, 0.29) is 5.41 Å². The minimum absolute atomic E-state index is 0.165. The van der Waals surface area contributed by atoms with Gasteiger partial charge >= 0.3 is 0 Å². The third-order valence-electron chi connectivity index (χ3n) is 5.19. The number of nitrogens with zero attached hydrogens (tertiary/aromatic N) is 1. The molecule has 0 aliphatic heterocycles. The van der Waals surface area contributed by atoms with E-state index in [1.807, 2.05) is 0 Å². The molecule has 22 heavy (non-hydrogen) atoms. The van der Waals surface area contributed by atoms with Gasteiger partial charge in [0.2, 0.25) is 0 Å². The van der Waals surface area contributed by atoms with E-state index in [1.165, 1.54) is 49.3 Å². The minimum Gasteiger partial charge on any atom is -0.345 e. The highest BCUT2D eigenvalue weighted by Crippen LogP contribution is 2.36. The zero-order chi connectivity index (χ0) is 16.9. The Balaban J connectivity index is 3.21. The lowest BCUT2D eigenvalue weighted by Gasteiger charge is -2.25. The van der Waals surface area contributed by atoms with E-state index in [0.29, 0.717) is 17.8 Å². The maximum Gasteiger partial charge on any atom is 0.109 e. The maximum absolute atomic E-state index is 5.10. The summed E-state index contributed by atoms with van der Waals surface area (Å²) in [4.78, 5) is 8.82. The van der Waals surface area contributed by atoms with Crippen LogP contribution in [0.25, 0.3) is 0 Å². The molecule has 0 fully saturated rings. The first kappa shape index (κ1) is 19.3. The first-order valence-corrected chi connectivity index (χ1v) is 9.34. The van der Waals surface area contributed by atoms with Gasteiger partial charge in [0.15, 0.2) is 0 Å². The van der Waals surface area contributed by atoms with Crippen molar-refractivity contribution in [1.82, 2.24) is 9.97 Å². The Morgan fingerprint density at radius 1 is 1.05 bits per heavy atom. The number of hydrogen-bond donors (Lipinski definition) is 1. The summed E-state index contributed by atoms with van der Waals surface area (Å²) in [6.07, 6.45) is 6.20. The number of unbranched alkanes of at least 4 members (excludes halogenated alkanes) is 1. The van der Waals surface area contributed by atoms with Gasteiger partial charge in [0.05, 0.1) is 5.69 Å². The molecular formula is C20H38N2. The lowest BCUT2D eigenvalue weighted by Crippen LogP contribution is -2.20. The van der Waals surface area contributed by atoms with Gasteiger partial charge in [-0.25, -0.2) is 4.98 Å². The zero-order valence-corrected chi connectivity index (χ0v) is 16.2. The normalized spacial score (nSPS) is 15.3. The molecule has 0 aromatic carbocycles. The number of aromatic amines is 1. The van der Waals surface area contributed by atoms with Crippen LogP contribution < -0.4 is 0 Å². The van der Waals surface area contributed by atoms with E-state index in [4.69, 9.17) is 4.98 Å². The number of hydrogen-bond acceptors (Lipinski definition) is 1. The van der Waals surface area contributed by atoms with E-state index >= 15 is 0 Å². The highest BCUT2D eigenvalue weighted by molar-refractivity contribution is 5.27. The zero-order valence-electron chi connectivity index (χ0n) is 16.2. The van der Waals surface area contributed by atoms with Gasteiger partial charge in [-0.1, -0.05) is 74.7 Å². The van der Waals surface area contributed by atoms with Crippen LogP contribution in [0.2, 0.25) is 0 Å². The molecule has 0 aliphatic rings. The van der Waals surface area contributed by atoms with Gasteiger partial charge in [0, 0.05) is 17.0 Å². The SMILES string of the molecule is CCCCC(C)(C)c1nc(C(C)C(C)C)[nH]c1C(C)CCC. The van der Waals surface area contributed by atoms with Crippen molar-refractivity contribution in [2.24, 2.45) is 5.92 Å². The fraction of sp³-hybridized carbons (Fsp3) is 0.850. The fourth-order valence-corrected chi connectivity index (χ4v) is 3.12. The van der Waals surface area contributed by atoms with Gasteiger partial charge in [0.25, 0.3) is 0 Å². The highest BCUT2D eigenvalue weighted by Gasteiger charge is 2.30. The third kappa shape index (κ3) is 4.60. The third-order valence-corrected chi connectivity index (χ3v) is 5.19. The van der Waals surface area contributed by atoms with Crippen LogP contribution in [0.3, 0.4) is 0 Å². The van der Waals surface area contributed by atoms with Crippen molar-refractivity contribution in [3.63, 3.8) is 0 Å². The molecule has 0 bridgehead atoms. The van der Waals surface area contributed by atoms with Crippen LogP contribution in [0.5, 0.6) is 0 Å². The second kappa shape index (κ2) is 8.17. The van der Waals surface area contributed by atoms with Crippen molar-refractivity contribution < 1.29 is 0 Å². The van der Waals surface area contributed by atoms with Gasteiger partial charge in [-0.2, -0.15) is 0 Å². The molecule has 1 aromatic rings. The average molecular weight is 307 g/mol. The molecule has 2 heteroatoms. The number of H-pyrrole nitrogens is 1. The Kier molecular flexibility index (Phi) is 7.15. The van der Waals surface area contributed by atoms with E-state index in [1.54, 1.807) is 0 Å². The number of nitrogens with one attached hydrogen (secondary N) is 1. The van der Waals surface area contributed by atoms with Gasteiger partial charge in [-0.05, 0) is 24.7 Å². The van der Waals surface area contributed by atoms with E-state index < -0.39 is 0 Å². The summed E-state index contributed by atoms with van der Waals surface area (Å²) in [5.74, 6) is 2.87. The van der Waals surface area contributed by atoms with Crippen LogP contribution in [0.1, 0.15) is 117 Å². The lowest BCUT2D eigenvalue weighted by molar-refractivity contribution is 0.436. The Hall–Kier alpha value is -0.790. The average Bonchev–Trinajstić information content (AvgIpc) is 2.90. The molecule has 0 aliphatic carbocycles. The maximum atomic E-state index is 5.10. The first-order chi connectivity index (χ1) is 10.2. The number of imidazole rings is 1. The van der Waals surface area contributed by atoms with Crippen LogP contribution in [0.15, 0.2) is 0 Å². The standard InChI is InChI=1S/C20H38N2/c1-9-11-13-20(7,8)18-17(15(5)12-10-2)21-19(22-18)16(6)14(3)4/h14-16H,9-13H2,1-8H3,(H,21,22). The Labute approximate surface area is 138 Å². The molecule has 1 aromatic heterocycles. The fourth-order valence-electron chi connectivity index (χ4n) is 3.12. The lowest BCUT2D eigenvalue weighted by atomic mass is 9.80. The molecule has 0 amide bonds. The van der Waals surface area contributed by atoms with Gasteiger partial charge in [-0.15, -0.1) is 0 Å². The van der Waals surface area contributed by atoms with Gasteiger partial charge in [0.1, 0.15) is 5.82 Å². The Morgan fingerprint density at radius 2 is 1.68 bits per heavy atom. The molecule has 0 radical (unpaired) electrons. The molecule has 1 rings (SSSR count). The summed E-state index contributed by atoms with van der Waals surface area (Å²) in [5, 5.41) is 0. The summed E-state index contributed by atoms with van der Waals surface area (Å²) in [7, 11) is 0. The van der Waals surface area contributed by atoms with Crippen LogP contribution in [-0.4, -0.2) is 9.97 Å². The molecule has 2 atom stereocenters. The number of rotatable bonds is 9. The van der Waals surface area contributed by atoms with Crippen LogP contribution in [-0.2, 0) is 5.41 Å². The van der Waals surface area contributed by atoms with Crippen molar-refractivity contribution in [3.05, 3.63) is 17.2 Å². The molecule has 1 N–H and O–H groups in total. The number of aromatic nitrogens is 2. The molecule has 0 saturated heterocycles. The predicted molar refractivity (Wildman–Crippen MR) is 97.7 cm³/mol. The van der Waals surface area contributed by atoms with E-state index in [9.17, 15) is 0 Å². The Bertz CT molecular complexity index is 443. The van der Waals surface area contributed by atoms with Crippen LogP contribution in [0, 0.1) is 5.92 Å². The summed E-state index contributed by atoms with van der Waals surface area (Å²) in [6.45, 7) is 18.5. The van der Waals surface area contributed by atoms with Crippen molar-refractivity contribution in [2.45, 2.75) is 105 Å². The van der Waals surface area contributed by atoms with Crippen LogP contribution >= 0.6 is 0 Å². The molecule has 0 saturated carbocycles. The van der Waals surface area contributed by atoms with Crippen molar-refractivity contribution in [1.29, 1.82) is 0 Å². The van der Waals surface area contributed by atoms with Crippen molar-refractivity contribution >= 4 is 0 Å². The van der Waals surface area contributed by atoms with Gasteiger partial charge in [-0.3, -0.25) is 0 Å². The summed E-state index contributed by atoms with van der Waals surface area (Å²) >= 11 is 0. The van der Waals surface area contributed by atoms with E-state index in [2.05, 4.69) is 60.4 Å². The van der Waals surface area contributed by atoms with Crippen molar-refractivity contribution in [2.75, 3.05) is 0 Å². The molecule has 2 unspecified atom stereocenters. The highest BCUT2D eigenvalue weighted by atomic mass is 15.0. The second-order valence-corrected chi connectivity index (χ2v) is 8.09. The minimum atomic E-state index is 0.165. The van der Waals surface area contributed by atoms with E-state index in [0.717, 1.165) is 0 Å². The predicted octanol–water partition coefficient (Wildman–Crippen LogP) is 6.54. The monoisotopic (exact) mass is 306 g/mol.